The zero-order valence-electron chi connectivity index (χ0n) is 3.66. The fourth-order valence-corrected chi connectivity index (χ4v) is 0. The van der Waals surface area contributed by atoms with Gasteiger partial charge in [-0.25, -0.2) is 0 Å². The summed E-state index contributed by atoms with van der Waals surface area (Å²) in [5.74, 6) is 0. The molecular formula is C3H9ClSi. The number of alkyl halides is 1. The molecule has 0 amide bonds. The molecule has 1 atom stereocenters. The molecule has 0 fully saturated rings. The van der Waals surface area contributed by atoms with Gasteiger partial charge in [-0.1, -0.05) is 13.5 Å². The van der Waals surface area contributed by atoms with Crippen molar-refractivity contribution in [3.8, 4) is 0 Å². The zero-order valence-corrected chi connectivity index (χ0v) is 5.83. The van der Waals surface area contributed by atoms with Crippen molar-refractivity contribution in [3.05, 3.63) is 0 Å². The van der Waals surface area contributed by atoms with Crippen molar-refractivity contribution >= 4 is 21.1 Å². The van der Waals surface area contributed by atoms with Crippen molar-refractivity contribution in [1.82, 2.24) is 0 Å². The molecule has 0 aliphatic carbocycles. The van der Waals surface area contributed by atoms with Gasteiger partial charge in [0.25, 0.3) is 0 Å². The normalized spacial score (nSPS) is 17.4. The molecule has 32 valence electrons. The SMILES string of the molecule is C[SiH2]C(C)Cl. The van der Waals surface area contributed by atoms with Crippen LogP contribution >= 0.6 is 11.6 Å². The highest BCUT2D eigenvalue weighted by Gasteiger charge is 1.84. The van der Waals surface area contributed by atoms with E-state index >= 15 is 0 Å². The summed E-state index contributed by atoms with van der Waals surface area (Å²) in [6.45, 7) is 4.26. The van der Waals surface area contributed by atoms with Crippen LogP contribution in [0, 0.1) is 0 Å². The third-order valence-corrected chi connectivity index (χ3v) is 2.61. The van der Waals surface area contributed by atoms with Gasteiger partial charge in [-0.2, -0.15) is 0 Å². The second-order valence-electron chi connectivity index (χ2n) is 1.19. The van der Waals surface area contributed by atoms with Crippen LogP contribution in [0.5, 0.6) is 0 Å². The van der Waals surface area contributed by atoms with E-state index in [-0.39, 0.29) is 9.52 Å². The topological polar surface area (TPSA) is 0 Å². The van der Waals surface area contributed by atoms with E-state index in [1.165, 1.54) is 0 Å². The van der Waals surface area contributed by atoms with E-state index in [1.54, 1.807) is 0 Å². The van der Waals surface area contributed by atoms with E-state index in [0.29, 0.717) is 5.00 Å². The van der Waals surface area contributed by atoms with Gasteiger partial charge in [0.1, 0.15) is 0 Å². The maximum absolute atomic E-state index is 5.52. The van der Waals surface area contributed by atoms with E-state index in [1.807, 2.05) is 6.92 Å². The van der Waals surface area contributed by atoms with Crippen LogP contribution in [0.25, 0.3) is 0 Å². The highest BCUT2D eigenvalue weighted by atomic mass is 35.5. The third kappa shape index (κ3) is 4.51. The first-order chi connectivity index (χ1) is 2.27. The fraction of sp³-hybridized carbons (Fsp3) is 1.00. The molecule has 0 bridgehead atoms. The standard InChI is InChI=1S/C3H9ClSi/c1-3(4)5-2/h3H,5H2,1-2H3. The van der Waals surface area contributed by atoms with Crippen molar-refractivity contribution in [3.63, 3.8) is 0 Å². The van der Waals surface area contributed by atoms with Crippen LogP contribution in [0.1, 0.15) is 6.92 Å². The minimum atomic E-state index is 0.114. The van der Waals surface area contributed by atoms with Crippen LogP contribution in [0.4, 0.5) is 0 Å². The monoisotopic (exact) mass is 108 g/mol. The Kier molecular flexibility index (Phi) is 3.01. The van der Waals surface area contributed by atoms with Crippen molar-refractivity contribution in [2.24, 2.45) is 0 Å². The minimum absolute atomic E-state index is 0.114. The van der Waals surface area contributed by atoms with Crippen LogP contribution in [-0.4, -0.2) is 14.5 Å². The molecule has 0 aliphatic rings. The first-order valence-corrected chi connectivity index (χ1v) is 4.58. The van der Waals surface area contributed by atoms with E-state index in [4.69, 9.17) is 11.6 Å². The average molecular weight is 109 g/mol. The quantitative estimate of drug-likeness (QED) is 0.344. The first-order valence-electron chi connectivity index (χ1n) is 1.91. The Bertz CT molecular complexity index is 20.9. The van der Waals surface area contributed by atoms with Crippen LogP contribution in [0.3, 0.4) is 0 Å². The number of rotatable bonds is 1. The maximum atomic E-state index is 5.52. The summed E-state index contributed by atoms with van der Waals surface area (Å²) in [7, 11) is 0.114. The van der Waals surface area contributed by atoms with Crippen LogP contribution in [0.15, 0.2) is 0 Å². The zero-order chi connectivity index (χ0) is 4.28. The Hall–Kier alpha value is 0.507. The lowest BCUT2D eigenvalue weighted by Crippen LogP contribution is -1.96. The molecule has 0 aromatic carbocycles. The molecule has 1 unspecified atom stereocenters. The minimum Gasteiger partial charge on any atom is -0.128 e. The Balaban J connectivity index is 2.54. The van der Waals surface area contributed by atoms with E-state index in [0.717, 1.165) is 0 Å². The van der Waals surface area contributed by atoms with Gasteiger partial charge in [-0.05, 0) is 0 Å². The number of hydrogen-bond donors (Lipinski definition) is 0. The predicted molar refractivity (Wildman–Crippen MR) is 29.7 cm³/mol. The molecule has 0 aliphatic heterocycles. The Morgan fingerprint density at radius 3 is 2.00 bits per heavy atom. The molecule has 0 N–H and O–H groups in total. The van der Waals surface area contributed by atoms with Crippen molar-refractivity contribution < 1.29 is 0 Å². The molecule has 0 saturated carbocycles. The largest absolute Gasteiger partial charge is 0.128 e. The molecule has 0 aromatic heterocycles. The van der Waals surface area contributed by atoms with Gasteiger partial charge >= 0.3 is 0 Å². The van der Waals surface area contributed by atoms with E-state index < -0.39 is 0 Å². The fourth-order valence-electron chi connectivity index (χ4n) is 0. The summed E-state index contributed by atoms with van der Waals surface area (Å²) < 4.78 is 0. The van der Waals surface area contributed by atoms with Crippen LogP contribution < -0.4 is 0 Å². The van der Waals surface area contributed by atoms with Crippen molar-refractivity contribution in [1.29, 1.82) is 0 Å². The molecule has 0 spiro atoms. The summed E-state index contributed by atoms with van der Waals surface area (Å²) in [6, 6.07) is 0. The van der Waals surface area contributed by atoms with Gasteiger partial charge in [0, 0.05) is 14.5 Å². The molecule has 0 rings (SSSR count). The number of halogens is 1. The van der Waals surface area contributed by atoms with Gasteiger partial charge in [0.2, 0.25) is 0 Å². The molecule has 0 saturated heterocycles. The molecule has 5 heavy (non-hydrogen) atoms. The van der Waals surface area contributed by atoms with Gasteiger partial charge in [-0.15, -0.1) is 11.6 Å². The highest BCUT2D eigenvalue weighted by Crippen LogP contribution is 1.86. The predicted octanol–water partition coefficient (Wildman–Crippen LogP) is 0.788. The van der Waals surface area contributed by atoms with Gasteiger partial charge in [0.05, 0.1) is 0 Å². The van der Waals surface area contributed by atoms with Crippen molar-refractivity contribution in [2.75, 3.05) is 0 Å². The van der Waals surface area contributed by atoms with E-state index in [9.17, 15) is 0 Å². The summed E-state index contributed by atoms with van der Waals surface area (Å²) >= 11 is 5.52. The molecule has 0 radical (unpaired) electrons. The Morgan fingerprint density at radius 2 is 2.00 bits per heavy atom. The summed E-state index contributed by atoms with van der Waals surface area (Å²) in [4.78, 5) is 0. The lowest BCUT2D eigenvalue weighted by Gasteiger charge is -1.86. The first kappa shape index (κ1) is 5.51. The summed E-state index contributed by atoms with van der Waals surface area (Å²) in [5.41, 5.74) is 0. The third-order valence-electron chi connectivity index (χ3n) is 0.563. The molecule has 0 aromatic rings. The Morgan fingerprint density at radius 1 is 1.80 bits per heavy atom. The van der Waals surface area contributed by atoms with Gasteiger partial charge in [0.15, 0.2) is 0 Å². The summed E-state index contributed by atoms with van der Waals surface area (Å²) in [5, 5.41) is 0.495. The summed E-state index contributed by atoms with van der Waals surface area (Å²) in [6.07, 6.45) is 0. The maximum Gasteiger partial charge on any atom is 0.0384 e. The highest BCUT2D eigenvalue weighted by molar-refractivity contribution is 6.51. The Labute approximate surface area is 40.3 Å². The smallest absolute Gasteiger partial charge is 0.0384 e. The second-order valence-corrected chi connectivity index (χ2v) is 4.49. The molecule has 0 nitrogen and oxygen atoms in total. The van der Waals surface area contributed by atoms with Gasteiger partial charge < -0.3 is 0 Å². The number of hydrogen-bond acceptors (Lipinski definition) is 0. The second kappa shape index (κ2) is 2.73. The average Bonchev–Trinajstić information content (AvgIpc) is 1.38. The lowest BCUT2D eigenvalue weighted by atomic mass is 11.0. The molecule has 0 heterocycles. The van der Waals surface area contributed by atoms with E-state index in [2.05, 4.69) is 6.55 Å². The van der Waals surface area contributed by atoms with Gasteiger partial charge in [-0.3, -0.25) is 0 Å². The van der Waals surface area contributed by atoms with Crippen LogP contribution in [0.2, 0.25) is 6.55 Å². The van der Waals surface area contributed by atoms with Crippen molar-refractivity contribution in [2.45, 2.75) is 18.5 Å². The molecule has 2 heteroatoms. The van der Waals surface area contributed by atoms with Crippen LogP contribution in [-0.2, 0) is 0 Å². The molecular weight excluding hydrogens is 99.6 g/mol. The lowest BCUT2D eigenvalue weighted by molar-refractivity contribution is 1.36.